The summed E-state index contributed by atoms with van der Waals surface area (Å²) in [5, 5.41) is 3.05. The van der Waals surface area contributed by atoms with Gasteiger partial charge in [-0.05, 0) is 25.6 Å². The van der Waals surface area contributed by atoms with Gasteiger partial charge in [0.05, 0.1) is 24.0 Å². The number of carbonyl (C=O) groups is 1. The van der Waals surface area contributed by atoms with Crippen molar-refractivity contribution in [3.05, 3.63) is 30.1 Å². The SMILES string of the molecule is CCNCC(=O)Cc1nc2ccccc2n1CC. The van der Waals surface area contributed by atoms with Crippen LogP contribution in [-0.2, 0) is 17.8 Å². The Hall–Kier alpha value is -1.68. The molecule has 2 aromatic rings. The Kier molecular flexibility index (Phi) is 4.10. The standard InChI is InChI=1S/C14H19N3O/c1-3-15-10-11(18)9-14-16-12-7-5-6-8-13(12)17(14)4-2/h5-8,15H,3-4,9-10H2,1-2H3. The van der Waals surface area contributed by atoms with Gasteiger partial charge in [-0.2, -0.15) is 0 Å². The zero-order valence-electron chi connectivity index (χ0n) is 10.9. The highest BCUT2D eigenvalue weighted by Crippen LogP contribution is 2.16. The number of fused-ring (bicyclic) bond motifs is 1. The summed E-state index contributed by atoms with van der Waals surface area (Å²) in [6.07, 6.45) is 0.398. The molecule has 1 heterocycles. The number of nitrogens with one attached hydrogen (secondary N) is 1. The number of carbonyl (C=O) groups excluding carboxylic acids is 1. The molecule has 0 bridgehead atoms. The maximum absolute atomic E-state index is 11.8. The van der Waals surface area contributed by atoms with E-state index < -0.39 is 0 Å². The van der Waals surface area contributed by atoms with Gasteiger partial charge in [-0.1, -0.05) is 19.1 Å². The molecule has 0 saturated carbocycles. The first-order valence-electron chi connectivity index (χ1n) is 6.42. The van der Waals surface area contributed by atoms with Crippen LogP contribution < -0.4 is 5.32 Å². The van der Waals surface area contributed by atoms with Crippen molar-refractivity contribution in [2.75, 3.05) is 13.1 Å². The minimum absolute atomic E-state index is 0.182. The average Bonchev–Trinajstić information content (AvgIpc) is 2.73. The lowest BCUT2D eigenvalue weighted by molar-refractivity contribution is -0.117. The normalized spacial score (nSPS) is 11.0. The largest absolute Gasteiger partial charge is 0.328 e. The number of benzene rings is 1. The first-order valence-corrected chi connectivity index (χ1v) is 6.42. The van der Waals surface area contributed by atoms with E-state index in [4.69, 9.17) is 0 Å². The van der Waals surface area contributed by atoms with Crippen LogP contribution in [0.25, 0.3) is 11.0 Å². The molecule has 1 N–H and O–H groups in total. The third-order valence-corrected chi connectivity index (χ3v) is 2.98. The summed E-state index contributed by atoms with van der Waals surface area (Å²) in [4.78, 5) is 16.3. The summed E-state index contributed by atoms with van der Waals surface area (Å²) >= 11 is 0. The lowest BCUT2D eigenvalue weighted by Gasteiger charge is -2.05. The number of nitrogens with zero attached hydrogens (tertiary/aromatic N) is 2. The summed E-state index contributed by atoms with van der Waals surface area (Å²) < 4.78 is 2.11. The highest BCUT2D eigenvalue weighted by Gasteiger charge is 2.12. The Labute approximate surface area is 107 Å². The van der Waals surface area contributed by atoms with E-state index in [0.29, 0.717) is 13.0 Å². The van der Waals surface area contributed by atoms with Gasteiger partial charge in [0.25, 0.3) is 0 Å². The molecule has 0 radical (unpaired) electrons. The number of para-hydroxylation sites is 2. The Bertz CT molecular complexity index is 545. The first-order chi connectivity index (χ1) is 8.76. The number of aryl methyl sites for hydroxylation is 1. The van der Waals surface area contributed by atoms with Crippen molar-refractivity contribution in [3.8, 4) is 0 Å². The minimum atomic E-state index is 0.182. The van der Waals surface area contributed by atoms with Crippen LogP contribution in [0.3, 0.4) is 0 Å². The minimum Gasteiger partial charge on any atom is -0.328 e. The van der Waals surface area contributed by atoms with Gasteiger partial charge in [0.15, 0.2) is 5.78 Å². The van der Waals surface area contributed by atoms with E-state index in [-0.39, 0.29) is 5.78 Å². The molecule has 0 atom stereocenters. The molecule has 0 aliphatic carbocycles. The van der Waals surface area contributed by atoms with E-state index in [1.807, 2.05) is 31.2 Å². The molecular formula is C14H19N3O. The maximum atomic E-state index is 11.8. The van der Waals surface area contributed by atoms with Gasteiger partial charge in [-0.15, -0.1) is 0 Å². The molecule has 2 rings (SSSR count). The molecule has 18 heavy (non-hydrogen) atoms. The number of ketones is 1. The van der Waals surface area contributed by atoms with Crippen LogP contribution in [0.5, 0.6) is 0 Å². The molecule has 96 valence electrons. The second-order valence-electron chi connectivity index (χ2n) is 4.26. The fourth-order valence-electron chi connectivity index (χ4n) is 2.12. The Morgan fingerprint density at radius 2 is 2.11 bits per heavy atom. The highest BCUT2D eigenvalue weighted by atomic mass is 16.1. The lowest BCUT2D eigenvalue weighted by atomic mass is 10.2. The molecular weight excluding hydrogens is 226 g/mol. The number of rotatable bonds is 6. The zero-order chi connectivity index (χ0) is 13.0. The first kappa shape index (κ1) is 12.8. The molecule has 0 aliphatic heterocycles. The van der Waals surface area contributed by atoms with Crippen LogP contribution in [-0.4, -0.2) is 28.4 Å². The molecule has 4 heteroatoms. The van der Waals surface area contributed by atoms with E-state index >= 15 is 0 Å². The van der Waals surface area contributed by atoms with Crippen molar-refractivity contribution >= 4 is 16.8 Å². The Morgan fingerprint density at radius 3 is 2.83 bits per heavy atom. The quantitative estimate of drug-likeness (QED) is 0.844. The van der Waals surface area contributed by atoms with Gasteiger partial charge >= 0.3 is 0 Å². The predicted molar refractivity (Wildman–Crippen MR) is 72.7 cm³/mol. The third-order valence-electron chi connectivity index (χ3n) is 2.98. The van der Waals surface area contributed by atoms with Crippen LogP contribution in [0.2, 0.25) is 0 Å². The molecule has 0 spiro atoms. The number of hydrogen-bond donors (Lipinski definition) is 1. The number of likely N-dealkylation sites (N-methyl/N-ethyl adjacent to an activating group) is 1. The van der Waals surface area contributed by atoms with Crippen molar-refractivity contribution in [2.45, 2.75) is 26.8 Å². The lowest BCUT2D eigenvalue weighted by Crippen LogP contribution is -2.24. The predicted octanol–water partition coefficient (Wildman–Crippen LogP) is 1.78. The third kappa shape index (κ3) is 2.59. The van der Waals surface area contributed by atoms with E-state index in [1.165, 1.54) is 0 Å². The number of imidazole rings is 1. The van der Waals surface area contributed by atoms with Crippen LogP contribution in [0.1, 0.15) is 19.7 Å². The highest BCUT2D eigenvalue weighted by molar-refractivity contribution is 5.84. The molecule has 0 saturated heterocycles. The van der Waals surface area contributed by atoms with Gasteiger partial charge in [-0.3, -0.25) is 4.79 Å². The molecule has 1 aromatic carbocycles. The maximum Gasteiger partial charge on any atom is 0.154 e. The zero-order valence-corrected chi connectivity index (χ0v) is 10.9. The van der Waals surface area contributed by atoms with Gasteiger partial charge in [0.2, 0.25) is 0 Å². The summed E-state index contributed by atoms with van der Waals surface area (Å²) in [6, 6.07) is 8.00. The van der Waals surface area contributed by atoms with E-state index in [0.717, 1.165) is 29.9 Å². The summed E-state index contributed by atoms with van der Waals surface area (Å²) in [6.45, 7) is 6.14. The van der Waals surface area contributed by atoms with Crippen LogP contribution in [0, 0.1) is 0 Å². The second-order valence-corrected chi connectivity index (χ2v) is 4.26. The molecule has 0 amide bonds. The van der Waals surface area contributed by atoms with E-state index in [1.54, 1.807) is 0 Å². The van der Waals surface area contributed by atoms with Crippen molar-refractivity contribution < 1.29 is 4.79 Å². The van der Waals surface area contributed by atoms with E-state index in [2.05, 4.69) is 21.8 Å². The average molecular weight is 245 g/mol. The molecule has 0 unspecified atom stereocenters. The van der Waals surface area contributed by atoms with Crippen molar-refractivity contribution in [1.29, 1.82) is 0 Å². The number of Topliss-reactive ketones (excluding diaryl/α,β-unsaturated/α-hetero) is 1. The summed E-state index contributed by atoms with van der Waals surface area (Å²) in [5.74, 6) is 1.04. The molecule has 4 nitrogen and oxygen atoms in total. The fourth-order valence-corrected chi connectivity index (χ4v) is 2.12. The fraction of sp³-hybridized carbons (Fsp3) is 0.429. The number of aromatic nitrogens is 2. The second kappa shape index (κ2) is 5.78. The monoisotopic (exact) mass is 245 g/mol. The molecule has 1 aromatic heterocycles. The smallest absolute Gasteiger partial charge is 0.154 e. The van der Waals surface area contributed by atoms with Crippen LogP contribution >= 0.6 is 0 Å². The van der Waals surface area contributed by atoms with Crippen molar-refractivity contribution in [2.24, 2.45) is 0 Å². The van der Waals surface area contributed by atoms with Crippen molar-refractivity contribution in [1.82, 2.24) is 14.9 Å². The van der Waals surface area contributed by atoms with Gasteiger partial charge < -0.3 is 9.88 Å². The van der Waals surface area contributed by atoms with Crippen LogP contribution in [0.15, 0.2) is 24.3 Å². The van der Waals surface area contributed by atoms with Crippen molar-refractivity contribution in [3.63, 3.8) is 0 Å². The Morgan fingerprint density at radius 1 is 1.33 bits per heavy atom. The van der Waals surface area contributed by atoms with Crippen LogP contribution in [0.4, 0.5) is 0 Å². The van der Waals surface area contributed by atoms with Gasteiger partial charge in [0.1, 0.15) is 5.82 Å². The summed E-state index contributed by atoms with van der Waals surface area (Å²) in [7, 11) is 0. The Balaban J connectivity index is 2.24. The molecule has 0 aliphatic rings. The topological polar surface area (TPSA) is 46.9 Å². The molecule has 0 fully saturated rings. The summed E-state index contributed by atoms with van der Waals surface area (Å²) in [5.41, 5.74) is 2.07. The van der Waals surface area contributed by atoms with E-state index in [9.17, 15) is 4.79 Å². The van der Waals surface area contributed by atoms with Gasteiger partial charge in [-0.25, -0.2) is 4.98 Å². The number of hydrogen-bond acceptors (Lipinski definition) is 3. The van der Waals surface area contributed by atoms with Gasteiger partial charge in [0, 0.05) is 6.54 Å².